The molecule has 0 amide bonds. The smallest absolute Gasteiger partial charge is 0 e. The molecule has 0 aliphatic carbocycles. The monoisotopic (exact) mass is 295 g/mol. The Morgan fingerprint density at radius 2 is 0.882 bits per heavy atom. The van der Waals surface area contributed by atoms with Gasteiger partial charge in [0.05, 0.1) is 0 Å². The quantitative estimate of drug-likeness (QED) is 0.726. The Kier molecular flexibility index (Phi) is 9.61. The van der Waals surface area contributed by atoms with Crippen molar-refractivity contribution in [2.75, 3.05) is 0 Å². The van der Waals surface area contributed by atoms with E-state index in [1.54, 1.807) is 12.2 Å². The number of hydrogen-bond acceptors (Lipinski definition) is 0. The molecule has 0 saturated carbocycles. The molecule has 0 nitrogen and oxygen atoms in total. The van der Waals surface area contributed by atoms with E-state index in [0.717, 1.165) is 11.1 Å². The van der Waals surface area contributed by atoms with Crippen LogP contribution in [0.3, 0.4) is 0 Å². The third-order valence-electron chi connectivity index (χ3n) is 1.98. The summed E-state index contributed by atoms with van der Waals surface area (Å²) in [6, 6.07) is 19.6. The van der Waals surface area contributed by atoms with Crippen LogP contribution in [-0.4, -0.2) is 0 Å². The van der Waals surface area contributed by atoms with Gasteiger partial charge in [-0.3, -0.25) is 13.2 Å². The first-order valence-corrected chi connectivity index (χ1v) is 5.07. The minimum atomic E-state index is 0. The van der Waals surface area contributed by atoms with Crippen molar-refractivity contribution in [1.82, 2.24) is 0 Å². The largest absolute Gasteiger partial charge is 0.292 e. The molecule has 2 aromatic rings. The third-order valence-corrected chi connectivity index (χ3v) is 1.98. The van der Waals surface area contributed by atoms with Crippen LogP contribution in [-0.2, 0) is 32.7 Å². The first-order chi connectivity index (χ1) is 7.86. The zero-order valence-electron chi connectivity index (χ0n) is 9.66. The Morgan fingerprint density at radius 3 is 1.06 bits per heavy atom. The minimum Gasteiger partial charge on any atom is -0.292 e. The summed E-state index contributed by atoms with van der Waals surface area (Å²) in [6.45, 7) is 10.4. The molecule has 0 heterocycles. The second-order valence-corrected chi connectivity index (χ2v) is 3.15. The second kappa shape index (κ2) is 10.2. The van der Waals surface area contributed by atoms with Crippen LogP contribution in [0.4, 0.5) is 0 Å². The first kappa shape index (κ1) is 16.0. The summed E-state index contributed by atoms with van der Waals surface area (Å²) < 4.78 is 0. The predicted molar refractivity (Wildman–Crippen MR) is 70.4 cm³/mol. The van der Waals surface area contributed by atoms with E-state index in [2.05, 4.69) is 0 Å². The molecule has 2 aromatic carbocycles. The van der Waals surface area contributed by atoms with Gasteiger partial charge in [-0.15, -0.1) is 24.3 Å². The Bertz CT molecular complexity index is 374. The Labute approximate surface area is 129 Å². The van der Waals surface area contributed by atoms with Gasteiger partial charge in [0.1, 0.15) is 0 Å². The van der Waals surface area contributed by atoms with E-state index >= 15 is 0 Å². The molecule has 0 spiro atoms. The van der Waals surface area contributed by atoms with Gasteiger partial charge in [-0.25, -0.2) is 12.2 Å². The molecule has 0 saturated heterocycles. The topological polar surface area (TPSA) is 0 Å². The summed E-state index contributed by atoms with van der Waals surface area (Å²) in [5.41, 5.74) is 2.13. The van der Waals surface area contributed by atoms with Gasteiger partial charge < -0.3 is 0 Å². The molecule has 0 aliphatic heterocycles. The van der Waals surface area contributed by atoms with Gasteiger partial charge in [0.15, 0.2) is 0 Å². The Morgan fingerprint density at radius 1 is 0.588 bits per heavy atom. The van der Waals surface area contributed by atoms with E-state index in [0.29, 0.717) is 0 Å². The van der Waals surface area contributed by atoms with Crippen molar-refractivity contribution in [2.24, 2.45) is 0 Å². The molecule has 0 unspecified atom stereocenters. The van der Waals surface area contributed by atoms with E-state index in [-0.39, 0.29) is 32.7 Å². The molecule has 17 heavy (non-hydrogen) atoms. The van der Waals surface area contributed by atoms with E-state index < -0.39 is 0 Å². The van der Waals surface area contributed by atoms with Crippen molar-refractivity contribution in [2.45, 2.75) is 0 Å². The van der Waals surface area contributed by atoms with Crippen LogP contribution >= 0.6 is 0 Å². The fourth-order valence-corrected chi connectivity index (χ4v) is 1.13. The molecule has 0 fully saturated rings. The molecule has 83 valence electrons. The molecular weight excluding hydrogens is 281 g/mol. The normalized spacial score (nSPS) is 8.00. The summed E-state index contributed by atoms with van der Waals surface area (Å²) >= 11 is 0. The Hall–Kier alpha value is -0.976. The first-order valence-electron chi connectivity index (χ1n) is 5.07. The number of hydrogen-bond donors (Lipinski definition) is 0. The molecule has 0 atom stereocenters. The predicted octanol–water partition coefficient (Wildman–Crippen LogP) is 4.26. The van der Waals surface area contributed by atoms with Crippen LogP contribution in [0.25, 0.3) is 12.2 Å². The SMILES string of the molecule is [CH-]=Cc1ccccc1.[CH-]=Cc1ccccc1.[Y]. The van der Waals surface area contributed by atoms with Crippen LogP contribution in [0.15, 0.2) is 60.7 Å². The van der Waals surface area contributed by atoms with Gasteiger partial charge in [-0.1, -0.05) is 36.4 Å². The van der Waals surface area contributed by atoms with Crippen molar-refractivity contribution in [3.63, 3.8) is 0 Å². The van der Waals surface area contributed by atoms with E-state index in [1.165, 1.54) is 0 Å². The average Bonchev–Trinajstić information content (AvgIpc) is 2.41. The standard InChI is InChI=1S/2C8H7.Y/c2*1-2-8-6-4-3-5-7-8;/h2*1-7H;/q2*-1;. The minimum absolute atomic E-state index is 0. The van der Waals surface area contributed by atoms with Crippen LogP contribution in [0.2, 0.25) is 0 Å². The summed E-state index contributed by atoms with van der Waals surface area (Å²) in [4.78, 5) is 0. The third kappa shape index (κ3) is 7.04. The molecule has 2 rings (SSSR count). The van der Waals surface area contributed by atoms with Gasteiger partial charge in [0.2, 0.25) is 0 Å². The number of rotatable bonds is 2. The van der Waals surface area contributed by atoms with Gasteiger partial charge in [-0.05, 0) is 0 Å². The van der Waals surface area contributed by atoms with E-state index in [1.807, 2.05) is 60.7 Å². The van der Waals surface area contributed by atoms with Crippen molar-refractivity contribution in [3.05, 3.63) is 84.9 Å². The molecule has 1 heteroatoms. The molecule has 0 bridgehead atoms. The summed E-state index contributed by atoms with van der Waals surface area (Å²) in [7, 11) is 0. The van der Waals surface area contributed by atoms with Crippen LogP contribution in [0, 0.1) is 13.2 Å². The average molecular weight is 295 g/mol. The summed E-state index contributed by atoms with van der Waals surface area (Å²) in [5, 5.41) is 0. The maximum Gasteiger partial charge on any atom is 0 e. The molecule has 1 radical (unpaired) electrons. The summed E-state index contributed by atoms with van der Waals surface area (Å²) in [6.07, 6.45) is 3.17. The molecule has 0 aromatic heterocycles. The second-order valence-electron chi connectivity index (χ2n) is 3.15. The van der Waals surface area contributed by atoms with Crippen molar-refractivity contribution < 1.29 is 32.7 Å². The van der Waals surface area contributed by atoms with Gasteiger partial charge >= 0.3 is 0 Å². The van der Waals surface area contributed by atoms with Crippen molar-refractivity contribution in [3.8, 4) is 0 Å². The maximum atomic E-state index is 5.22. The Balaban J connectivity index is 0.000000284. The molecular formula is C16H14Y-2. The van der Waals surface area contributed by atoms with Gasteiger partial charge in [0, 0.05) is 32.7 Å². The fourth-order valence-electron chi connectivity index (χ4n) is 1.13. The van der Waals surface area contributed by atoms with E-state index in [4.69, 9.17) is 13.2 Å². The van der Waals surface area contributed by atoms with Crippen molar-refractivity contribution in [1.29, 1.82) is 0 Å². The van der Waals surface area contributed by atoms with E-state index in [9.17, 15) is 0 Å². The number of benzene rings is 2. The summed E-state index contributed by atoms with van der Waals surface area (Å²) in [5.74, 6) is 0. The molecule has 0 N–H and O–H groups in total. The van der Waals surface area contributed by atoms with Gasteiger partial charge in [0.25, 0.3) is 0 Å². The zero-order valence-corrected chi connectivity index (χ0v) is 12.5. The fraction of sp³-hybridized carbons (Fsp3) is 0. The van der Waals surface area contributed by atoms with Crippen LogP contribution in [0.5, 0.6) is 0 Å². The molecule has 0 aliphatic rings. The maximum absolute atomic E-state index is 5.22. The van der Waals surface area contributed by atoms with Crippen LogP contribution in [0.1, 0.15) is 11.1 Å². The van der Waals surface area contributed by atoms with Crippen LogP contribution < -0.4 is 0 Å². The van der Waals surface area contributed by atoms with Gasteiger partial charge in [-0.2, -0.15) is 11.1 Å². The van der Waals surface area contributed by atoms with Crippen molar-refractivity contribution >= 4 is 12.2 Å². The zero-order chi connectivity index (χ0) is 11.6.